The summed E-state index contributed by atoms with van der Waals surface area (Å²) in [5.74, 6) is 0.890. The zero-order valence-electron chi connectivity index (χ0n) is 9.34. The second-order valence-electron chi connectivity index (χ2n) is 4.51. The average molecular weight is 184 g/mol. The van der Waals surface area contributed by atoms with Crippen molar-refractivity contribution >= 4 is 0 Å². The third-order valence-corrected chi connectivity index (χ3v) is 2.92. The Morgan fingerprint density at radius 3 is 2.69 bits per heavy atom. The molecule has 2 unspecified atom stereocenters. The highest BCUT2D eigenvalue weighted by Crippen LogP contribution is 2.25. The van der Waals surface area contributed by atoms with E-state index in [4.69, 9.17) is 0 Å². The third kappa shape index (κ3) is 3.65. The molecule has 13 heavy (non-hydrogen) atoms. The predicted molar refractivity (Wildman–Crippen MR) is 58.0 cm³/mol. The molecule has 1 rings (SSSR count). The predicted octanol–water partition coefficient (Wildman–Crippen LogP) is 1.72. The Morgan fingerprint density at radius 2 is 2.08 bits per heavy atom. The van der Waals surface area contributed by atoms with Gasteiger partial charge in [-0.05, 0) is 45.8 Å². The molecule has 0 saturated heterocycles. The van der Waals surface area contributed by atoms with E-state index in [1.54, 1.807) is 0 Å². The molecule has 0 radical (unpaired) electrons. The number of hydrogen-bond donors (Lipinski definition) is 1. The summed E-state index contributed by atoms with van der Waals surface area (Å²) in [6.07, 6.45) is 5.48. The Hall–Kier alpha value is -0.0800. The highest BCUT2D eigenvalue weighted by atomic mass is 15.1. The fourth-order valence-electron chi connectivity index (χ4n) is 2.32. The van der Waals surface area contributed by atoms with Crippen LogP contribution in [0.4, 0.5) is 0 Å². The van der Waals surface area contributed by atoms with E-state index in [9.17, 15) is 0 Å². The molecule has 0 spiro atoms. The zero-order valence-corrected chi connectivity index (χ0v) is 9.34. The molecular formula is C11H24N2. The number of rotatable bonds is 5. The quantitative estimate of drug-likeness (QED) is 0.700. The first-order chi connectivity index (χ1) is 6.24. The summed E-state index contributed by atoms with van der Waals surface area (Å²) in [6.45, 7) is 4.68. The lowest BCUT2D eigenvalue weighted by molar-refractivity contribution is 0.287. The Balaban J connectivity index is 2.26. The normalized spacial score (nSPS) is 28.6. The second-order valence-corrected chi connectivity index (χ2v) is 4.51. The summed E-state index contributed by atoms with van der Waals surface area (Å²) < 4.78 is 0. The van der Waals surface area contributed by atoms with Gasteiger partial charge in [-0.15, -0.1) is 0 Å². The number of hydrogen-bond acceptors (Lipinski definition) is 2. The van der Waals surface area contributed by atoms with Crippen LogP contribution < -0.4 is 5.32 Å². The lowest BCUT2D eigenvalue weighted by Crippen LogP contribution is -2.37. The van der Waals surface area contributed by atoms with Crippen LogP contribution in [0, 0.1) is 5.92 Å². The van der Waals surface area contributed by atoms with Crippen molar-refractivity contribution in [3.05, 3.63) is 0 Å². The van der Waals surface area contributed by atoms with E-state index in [0.29, 0.717) is 0 Å². The van der Waals surface area contributed by atoms with Gasteiger partial charge in [0.05, 0.1) is 0 Å². The van der Waals surface area contributed by atoms with Crippen molar-refractivity contribution < 1.29 is 0 Å². The Kier molecular flexibility index (Phi) is 4.74. The van der Waals surface area contributed by atoms with Gasteiger partial charge < -0.3 is 10.2 Å². The molecule has 2 nitrogen and oxygen atoms in total. The fourth-order valence-corrected chi connectivity index (χ4v) is 2.32. The summed E-state index contributed by atoms with van der Waals surface area (Å²) >= 11 is 0. The Bertz CT molecular complexity index is 134. The molecular weight excluding hydrogens is 160 g/mol. The molecule has 2 atom stereocenters. The van der Waals surface area contributed by atoms with Crippen LogP contribution in [-0.2, 0) is 0 Å². The summed E-state index contributed by atoms with van der Waals surface area (Å²) in [4.78, 5) is 2.32. The second kappa shape index (κ2) is 5.61. The fraction of sp³-hybridized carbons (Fsp3) is 1.00. The van der Waals surface area contributed by atoms with Gasteiger partial charge in [0.25, 0.3) is 0 Å². The highest BCUT2D eigenvalue weighted by Gasteiger charge is 2.26. The molecule has 0 aliphatic heterocycles. The van der Waals surface area contributed by atoms with Crippen molar-refractivity contribution in [3.8, 4) is 0 Å². The van der Waals surface area contributed by atoms with Crippen LogP contribution in [0.3, 0.4) is 0 Å². The van der Waals surface area contributed by atoms with Gasteiger partial charge in [0.1, 0.15) is 0 Å². The molecule has 1 aliphatic carbocycles. The molecule has 0 aromatic heterocycles. The number of nitrogens with one attached hydrogen (secondary N) is 1. The maximum absolute atomic E-state index is 3.66. The van der Waals surface area contributed by atoms with Gasteiger partial charge >= 0.3 is 0 Å². The first-order valence-electron chi connectivity index (χ1n) is 5.62. The first-order valence-corrected chi connectivity index (χ1v) is 5.62. The smallest absolute Gasteiger partial charge is 0.0107 e. The van der Waals surface area contributed by atoms with E-state index < -0.39 is 0 Å². The monoisotopic (exact) mass is 184 g/mol. The molecule has 0 amide bonds. The minimum Gasteiger partial charge on any atom is -0.314 e. The maximum atomic E-state index is 3.66. The van der Waals surface area contributed by atoms with Crippen molar-refractivity contribution in [3.63, 3.8) is 0 Å². The first kappa shape index (κ1) is 11.0. The molecule has 1 saturated carbocycles. The van der Waals surface area contributed by atoms with Gasteiger partial charge in [-0.3, -0.25) is 0 Å². The summed E-state index contributed by atoms with van der Waals surface area (Å²) in [7, 11) is 4.35. The highest BCUT2D eigenvalue weighted by molar-refractivity contribution is 4.84. The summed E-state index contributed by atoms with van der Waals surface area (Å²) in [5.41, 5.74) is 0. The van der Waals surface area contributed by atoms with Crippen molar-refractivity contribution in [2.45, 2.75) is 38.6 Å². The standard InChI is InChI=1S/C11H24N2/c1-4-8-12-11-7-5-6-10(11)9-13(2)3/h10-12H,4-9H2,1-3H3. The van der Waals surface area contributed by atoms with Crippen LogP contribution >= 0.6 is 0 Å². The number of nitrogens with zero attached hydrogens (tertiary/aromatic N) is 1. The van der Waals surface area contributed by atoms with Crippen molar-refractivity contribution in [2.75, 3.05) is 27.2 Å². The average Bonchev–Trinajstić information content (AvgIpc) is 2.48. The molecule has 1 fully saturated rings. The lowest BCUT2D eigenvalue weighted by atomic mass is 10.0. The van der Waals surface area contributed by atoms with Gasteiger partial charge in [-0.25, -0.2) is 0 Å². The molecule has 2 heteroatoms. The third-order valence-electron chi connectivity index (χ3n) is 2.92. The van der Waals surface area contributed by atoms with E-state index in [-0.39, 0.29) is 0 Å². The molecule has 1 aliphatic rings. The summed E-state index contributed by atoms with van der Waals surface area (Å²) in [5, 5.41) is 3.66. The molecule has 0 aromatic carbocycles. The van der Waals surface area contributed by atoms with Crippen LogP contribution in [-0.4, -0.2) is 38.1 Å². The van der Waals surface area contributed by atoms with Crippen LogP contribution in [0.2, 0.25) is 0 Å². The molecule has 0 heterocycles. The van der Waals surface area contributed by atoms with Crippen LogP contribution in [0.15, 0.2) is 0 Å². The zero-order chi connectivity index (χ0) is 9.68. The van der Waals surface area contributed by atoms with E-state index in [2.05, 4.69) is 31.2 Å². The van der Waals surface area contributed by atoms with E-state index in [1.165, 1.54) is 38.8 Å². The maximum Gasteiger partial charge on any atom is 0.0107 e. The summed E-state index contributed by atoms with van der Waals surface area (Å²) in [6, 6.07) is 0.794. The van der Waals surface area contributed by atoms with E-state index in [0.717, 1.165) is 12.0 Å². The SMILES string of the molecule is CCCNC1CCCC1CN(C)C. The van der Waals surface area contributed by atoms with Crippen LogP contribution in [0.25, 0.3) is 0 Å². The van der Waals surface area contributed by atoms with Gasteiger partial charge in [-0.1, -0.05) is 13.3 Å². The Labute approximate surface area is 82.7 Å². The van der Waals surface area contributed by atoms with E-state index >= 15 is 0 Å². The van der Waals surface area contributed by atoms with Crippen LogP contribution in [0.5, 0.6) is 0 Å². The molecule has 1 N–H and O–H groups in total. The molecule has 0 aromatic rings. The van der Waals surface area contributed by atoms with Crippen LogP contribution in [0.1, 0.15) is 32.6 Å². The van der Waals surface area contributed by atoms with Gasteiger partial charge in [0.15, 0.2) is 0 Å². The topological polar surface area (TPSA) is 15.3 Å². The molecule has 78 valence electrons. The lowest BCUT2D eigenvalue weighted by Gasteiger charge is -2.23. The minimum atomic E-state index is 0.794. The Morgan fingerprint density at radius 1 is 1.31 bits per heavy atom. The van der Waals surface area contributed by atoms with Gasteiger partial charge in [-0.2, -0.15) is 0 Å². The van der Waals surface area contributed by atoms with Crippen molar-refractivity contribution in [1.82, 2.24) is 10.2 Å². The van der Waals surface area contributed by atoms with Crippen molar-refractivity contribution in [2.24, 2.45) is 5.92 Å². The van der Waals surface area contributed by atoms with Gasteiger partial charge in [0, 0.05) is 12.6 Å². The minimum absolute atomic E-state index is 0.794. The van der Waals surface area contributed by atoms with Gasteiger partial charge in [0.2, 0.25) is 0 Å². The van der Waals surface area contributed by atoms with Crippen molar-refractivity contribution in [1.29, 1.82) is 0 Å². The largest absolute Gasteiger partial charge is 0.314 e. The van der Waals surface area contributed by atoms with E-state index in [1.807, 2.05) is 0 Å². The molecule has 0 bridgehead atoms.